The molecule has 9 nitrogen and oxygen atoms in total. The monoisotopic (exact) mass is 443 g/mol. The van der Waals surface area contributed by atoms with Gasteiger partial charge in [0.1, 0.15) is 11.0 Å². The standard InChI is InChI=1S/C21H25N5O4S/c1-16-6-5-11-25(14-16)31(28,29)18-9-10-19-20(12-18)26(24-23-19)30-15-21(27)22-13-17-7-3-2-4-8-17/h2-4,7-10,12,16H,5-6,11,13-15H2,1H3,(H,22,27). The maximum absolute atomic E-state index is 13.1. The van der Waals surface area contributed by atoms with Crippen LogP contribution in [0.5, 0.6) is 0 Å². The molecule has 2 heterocycles. The lowest BCUT2D eigenvalue weighted by atomic mass is 10.0. The minimum absolute atomic E-state index is 0.162. The number of aromatic nitrogens is 3. The van der Waals surface area contributed by atoms with Crippen LogP contribution in [0.3, 0.4) is 0 Å². The Morgan fingerprint density at radius 3 is 2.81 bits per heavy atom. The molecule has 1 N–H and O–H groups in total. The molecule has 1 amide bonds. The van der Waals surface area contributed by atoms with E-state index in [1.165, 1.54) is 16.4 Å². The summed E-state index contributed by atoms with van der Waals surface area (Å²) in [5.74, 6) is 0.00997. The van der Waals surface area contributed by atoms with Crippen LogP contribution in [-0.4, -0.2) is 53.5 Å². The topological polar surface area (TPSA) is 106 Å². The Labute approximate surface area is 181 Å². The lowest BCUT2D eigenvalue weighted by Crippen LogP contribution is -2.39. The van der Waals surface area contributed by atoms with Gasteiger partial charge in [-0.3, -0.25) is 4.79 Å². The average Bonchev–Trinajstić information content (AvgIpc) is 3.19. The highest BCUT2D eigenvalue weighted by molar-refractivity contribution is 7.89. The Morgan fingerprint density at radius 1 is 1.23 bits per heavy atom. The number of amides is 1. The van der Waals surface area contributed by atoms with Crippen LogP contribution in [0.25, 0.3) is 11.0 Å². The number of sulfonamides is 1. The van der Waals surface area contributed by atoms with Gasteiger partial charge in [-0.25, -0.2) is 8.42 Å². The summed E-state index contributed by atoms with van der Waals surface area (Å²) in [6.07, 6.45) is 1.88. The third-order valence-corrected chi connectivity index (χ3v) is 7.16. The highest BCUT2D eigenvalue weighted by Gasteiger charge is 2.29. The van der Waals surface area contributed by atoms with Gasteiger partial charge in [-0.2, -0.15) is 4.31 Å². The molecule has 0 saturated carbocycles. The normalized spacial score (nSPS) is 17.5. The summed E-state index contributed by atoms with van der Waals surface area (Å²) in [5, 5.41) is 10.6. The Morgan fingerprint density at radius 2 is 2.03 bits per heavy atom. The van der Waals surface area contributed by atoms with Crippen molar-refractivity contribution >= 4 is 27.0 Å². The van der Waals surface area contributed by atoms with E-state index in [1.807, 2.05) is 30.3 Å². The fourth-order valence-electron chi connectivity index (χ4n) is 3.61. The first-order valence-corrected chi connectivity index (χ1v) is 11.7. The molecule has 0 spiro atoms. The van der Waals surface area contributed by atoms with E-state index < -0.39 is 10.0 Å². The van der Waals surface area contributed by atoms with Crippen LogP contribution in [0.4, 0.5) is 0 Å². The SMILES string of the molecule is CC1CCCN(S(=O)(=O)c2ccc3nnn(OCC(=O)NCc4ccccc4)c3c2)C1. The number of nitrogens with one attached hydrogen (secondary N) is 1. The van der Waals surface area contributed by atoms with Crippen molar-refractivity contribution in [3.05, 3.63) is 54.1 Å². The van der Waals surface area contributed by atoms with Gasteiger partial charge >= 0.3 is 0 Å². The number of carbonyl (C=O) groups excluding carboxylic acids is 1. The molecule has 1 aliphatic rings. The summed E-state index contributed by atoms with van der Waals surface area (Å²) >= 11 is 0. The molecule has 0 radical (unpaired) electrons. The van der Waals surface area contributed by atoms with Gasteiger partial charge < -0.3 is 10.2 Å². The van der Waals surface area contributed by atoms with E-state index in [0.717, 1.165) is 23.3 Å². The second-order valence-electron chi connectivity index (χ2n) is 7.76. The first kappa shape index (κ1) is 21.3. The fourth-order valence-corrected chi connectivity index (χ4v) is 5.23. The number of fused-ring (bicyclic) bond motifs is 1. The van der Waals surface area contributed by atoms with Gasteiger partial charge in [0, 0.05) is 19.6 Å². The summed E-state index contributed by atoms with van der Waals surface area (Å²) in [5.41, 5.74) is 1.85. The van der Waals surface area contributed by atoms with Crippen LogP contribution < -0.4 is 10.2 Å². The molecular formula is C21H25N5O4S. The summed E-state index contributed by atoms with van der Waals surface area (Å²) in [4.78, 5) is 18.8. The van der Waals surface area contributed by atoms with Gasteiger partial charge in [0.15, 0.2) is 6.61 Å². The van der Waals surface area contributed by atoms with E-state index >= 15 is 0 Å². The highest BCUT2D eigenvalue weighted by Crippen LogP contribution is 2.25. The predicted octanol–water partition coefficient (Wildman–Crippen LogP) is 1.60. The van der Waals surface area contributed by atoms with Gasteiger partial charge in [0.2, 0.25) is 10.0 Å². The Bertz CT molecular complexity index is 1160. The summed E-state index contributed by atoms with van der Waals surface area (Å²) in [6, 6.07) is 14.1. The molecule has 0 aliphatic carbocycles. The van der Waals surface area contributed by atoms with Gasteiger partial charge in [0.25, 0.3) is 5.91 Å². The van der Waals surface area contributed by atoms with E-state index in [4.69, 9.17) is 4.84 Å². The fraction of sp³-hybridized carbons (Fsp3) is 0.381. The van der Waals surface area contributed by atoms with Crippen LogP contribution in [0, 0.1) is 5.92 Å². The van der Waals surface area contributed by atoms with Crippen molar-refractivity contribution in [2.24, 2.45) is 5.92 Å². The van der Waals surface area contributed by atoms with Crippen molar-refractivity contribution in [1.29, 1.82) is 0 Å². The van der Waals surface area contributed by atoms with E-state index in [9.17, 15) is 13.2 Å². The van der Waals surface area contributed by atoms with Crippen molar-refractivity contribution in [2.75, 3.05) is 19.7 Å². The van der Waals surface area contributed by atoms with E-state index in [-0.39, 0.29) is 17.4 Å². The van der Waals surface area contributed by atoms with Crippen LogP contribution >= 0.6 is 0 Å². The molecule has 164 valence electrons. The van der Waals surface area contributed by atoms with Crippen molar-refractivity contribution in [3.8, 4) is 0 Å². The number of rotatable bonds is 7. The summed E-state index contributed by atoms with van der Waals surface area (Å²) in [6.45, 7) is 3.19. The van der Waals surface area contributed by atoms with Crippen molar-refractivity contribution in [2.45, 2.75) is 31.2 Å². The van der Waals surface area contributed by atoms with Crippen molar-refractivity contribution in [3.63, 3.8) is 0 Å². The Hall–Kier alpha value is -2.98. The predicted molar refractivity (Wildman–Crippen MR) is 114 cm³/mol. The lowest BCUT2D eigenvalue weighted by Gasteiger charge is -2.30. The maximum Gasteiger partial charge on any atom is 0.261 e. The molecule has 3 aromatic rings. The molecule has 1 saturated heterocycles. The smallest absolute Gasteiger partial charge is 0.261 e. The van der Waals surface area contributed by atoms with Gasteiger partial charge in [-0.05, 0) is 47.7 Å². The van der Waals surface area contributed by atoms with Gasteiger partial charge in [0.05, 0.1) is 4.90 Å². The first-order valence-electron chi connectivity index (χ1n) is 10.2. The second-order valence-corrected chi connectivity index (χ2v) is 9.70. The minimum atomic E-state index is -3.62. The number of benzene rings is 2. The molecule has 1 aromatic heterocycles. The van der Waals surface area contributed by atoms with Crippen molar-refractivity contribution < 1.29 is 18.0 Å². The quantitative estimate of drug-likeness (QED) is 0.594. The van der Waals surface area contributed by atoms with E-state index in [1.54, 1.807) is 6.07 Å². The molecule has 31 heavy (non-hydrogen) atoms. The molecule has 0 bridgehead atoms. The maximum atomic E-state index is 13.1. The molecule has 1 fully saturated rings. The van der Waals surface area contributed by atoms with Gasteiger partial charge in [-0.1, -0.05) is 42.1 Å². The van der Waals surface area contributed by atoms with Gasteiger partial charge in [-0.15, -0.1) is 5.10 Å². The first-order chi connectivity index (χ1) is 14.9. The van der Waals surface area contributed by atoms with Crippen LogP contribution in [0.1, 0.15) is 25.3 Å². The molecule has 2 aromatic carbocycles. The lowest BCUT2D eigenvalue weighted by molar-refractivity contribution is -0.126. The number of carbonyl (C=O) groups is 1. The zero-order valence-corrected chi connectivity index (χ0v) is 18.1. The van der Waals surface area contributed by atoms with E-state index in [0.29, 0.717) is 36.6 Å². The Balaban J connectivity index is 1.45. The second kappa shape index (κ2) is 9.03. The molecule has 4 rings (SSSR count). The zero-order chi connectivity index (χ0) is 21.8. The number of hydrogen-bond donors (Lipinski definition) is 1. The third-order valence-electron chi connectivity index (χ3n) is 5.29. The van der Waals surface area contributed by atoms with Crippen LogP contribution in [0.2, 0.25) is 0 Å². The summed E-state index contributed by atoms with van der Waals surface area (Å²) < 4.78 is 27.7. The summed E-state index contributed by atoms with van der Waals surface area (Å²) in [7, 11) is -3.62. The Kier molecular flexibility index (Phi) is 6.19. The highest BCUT2D eigenvalue weighted by atomic mass is 32.2. The molecule has 1 unspecified atom stereocenters. The average molecular weight is 444 g/mol. The minimum Gasteiger partial charge on any atom is -0.385 e. The van der Waals surface area contributed by atoms with Crippen LogP contribution in [0.15, 0.2) is 53.4 Å². The molecular weight excluding hydrogens is 418 g/mol. The number of piperidine rings is 1. The molecule has 10 heteroatoms. The number of nitrogens with zero attached hydrogens (tertiary/aromatic N) is 4. The van der Waals surface area contributed by atoms with Crippen molar-refractivity contribution in [1.82, 2.24) is 24.8 Å². The number of hydrogen-bond acceptors (Lipinski definition) is 6. The largest absolute Gasteiger partial charge is 0.385 e. The molecule has 1 atom stereocenters. The molecule has 1 aliphatic heterocycles. The third kappa shape index (κ3) is 4.86. The van der Waals surface area contributed by atoms with E-state index in [2.05, 4.69) is 22.6 Å². The zero-order valence-electron chi connectivity index (χ0n) is 17.3. The van der Waals surface area contributed by atoms with Crippen LogP contribution in [-0.2, 0) is 21.4 Å².